The van der Waals surface area contributed by atoms with E-state index in [1.54, 1.807) is 27.3 Å². The summed E-state index contributed by atoms with van der Waals surface area (Å²) in [4.78, 5) is 20.6. The van der Waals surface area contributed by atoms with Gasteiger partial charge in [0.1, 0.15) is 0 Å². The molecule has 6 nitrogen and oxygen atoms in total. The van der Waals surface area contributed by atoms with Crippen LogP contribution in [0.4, 0.5) is 0 Å². The van der Waals surface area contributed by atoms with E-state index in [4.69, 9.17) is 19.2 Å². The molecule has 0 radical (unpaired) electrons. The smallest absolute Gasteiger partial charge is 0.340 e. The number of rotatable bonds is 7. The molecule has 0 spiro atoms. The lowest BCUT2D eigenvalue weighted by Crippen LogP contribution is -2.25. The molecule has 0 unspecified atom stereocenters. The fourth-order valence-electron chi connectivity index (χ4n) is 3.71. The van der Waals surface area contributed by atoms with Crippen molar-refractivity contribution in [3.8, 4) is 11.1 Å². The van der Waals surface area contributed by atoms with Crippen LogP contribution >= 0.6 is 0 Å². The van der Waals surface area contributed by atoms with Crippen LogP contribution in [0.1, 0.15) is 48.8 Å². The highest BCUT2D eigenvalue weighted by molar-refractivity contribution is 6.00. The van der Waals surface area contributed by atoms with Gasteiger partial charge in [0.05, 0.1) is 17.9 Å². The standard InChI is InChI=1S/C24H30N2O4/c1-7-30-22(27)17-14-25-18(21(17)16-10-8-15(2)9-11-16)12-20-24(3,4)13-19(26-20)23(28-5)29-6/h8-12,14,23,25H,7,13H2,1-6H3/b20-12-. The molecule has 160 valence electrons. The van der Waals surface area contributed by atoms with Crippen molar-refractivity contribution in [1.29, 1.82) is 0 Å². The lowest BCUT2D eigenvalue weighted by molar-refractivity contribution is -0.0532. The van der Waals surface area contributed by atoms with Crippen LogP contribution in [0.2, 0.25) is 0 Å². The Morgan fingerprint density at radius 1 is 1.23 bits per heavy atom. The number of carbonyl (C=O) groups is 1. The van der Waals surface area contributed by atoms with Crippen LogP contribution in [0, 0.1) is 12.3 Å². The molecule has 30 heavy (non-hydrogen) atoms. The SMILES string of the molecule is CCOC(=O)c1c[nH]c(/C=C2\N=C(C(OC)OC)CC2(C)C)c1-c1ccc(C)cc1. The predicted molar refractivity (Wildman–Crippen MR) is 119 cm³/mol. The van der Waals surface area contributed by atoms with Crippen molar-refractivity contribution in [3.63, 3.8) is 0 Å². The average Bonchev–Trinajstić information content (AvgIpc) is 3.25. The maximum atomic E-state index is 12.6. The minimum absolute atomic E-state index is 0.190. The minimum Gasteiger partial charge on any atom is -0.462 e. The summed E-state index contributed by atoms with van der Waals surface area (Å²) >= 11 is 0. The van der Waals surface area contributed by atoms with Gasteiger partial charge in [-0.25, -0.2) is 4.79 Å². The molecule has 2 heterocycles. The quantitative estimate of drug-likeness (QED) is 0.515. The van der Waals surface area contributed by atoms with Crippen LogP contribution in [-0.4, -0.2) is 43.8 Å². The van der Waals surface area contributed by atoms with Gasteiger partial charge in [0.2, 0.25) is 0 Å². The number of aromatic amines is 1. The van der Waals surface area contributed by atoms with Gasteiger partial charge in [-0.15, -0.1) is 0 Å². The Kier molecular flexibility index (Phi) is 6.58. The lowest BCUT2D eigenvalue weighted by Gasteiger charge is -2.19. The fourth-order valence-corrected chi connectivity index (χ4v) is 3.71. The van der Waals surface area contributed by atoms with E-state index in [2.05, 4.69) is 18.8 Å². The van der Waals surface area contributed by atoms with E-state index >= 15 is 0 Å². The number of methoxy groups -OCH3 is 2. The van der Waals surface area contributed by atoms with Crippen LogP contribution < -0.4 is 0 Å². The summed E-state index contributed by atoms with van der Waals surface area (Å²) in [5.41, 5.74) is 5.82. The van der Waals surface area contributed by atoms with Gasteiger partial charge in [-0.2, -0.15) is 0 Å². The number of aromatic nitrogens is 1. The maximum absolute atomic E-state index is 12.6. The van der Waals surface area contributed by atoms with Crippen molar-refractivity contribution in [2.24, 2.45) is 10.4 Å². The summed E-state index contributed by atoms with van der Waals surface area (Å²) < 4.78 is 16.1. The molecule has 1 aromatic heterocycles. The molecule has 0 aliphatic carbocycles. The summed E-state index contributed by atoms with van der Waals surface area (Å²) in [6.45, 7) is 8.44. The van der Waals surface area contributed by atoms with Gasteiger partial charge >= 0.3 is 5.97 Å². The summed E-state index contributed by atoms with van der Waals surface area (Å²) in [5.74, 6) is -0.345. The van der Waals surface area contributed by atoms with Crippen LogP contribution in [-0.2, 0) is 14.2 Å². The Morgan fingerprint density at radius 2 is 1.90 bits per heavy atom. The molecule has 1 aliphatic heterocycles. The zero-order valence-electron chi connectivity index (χ0n) is 18.5. The number of ether oxygens (including phenoxy) is 3. The molecule has 0 saturated carbocycles. The number of carbonyl (C=O) groups excluding carboxylic acids is 1. The average molecular weight is 411 g/mol. The number of nitrogens with zero attached hydrogens (tertiary/aromatic N) is 1. The van der Waals surface area contributed by atoms with Gasteiger partial charge in [-0.05, 0) is 25.5 Å². The summed E-state index contributed by atoms with van der Waals surface area (Å²) in [5, 5.41) is 0. The van der Waals surface area contributed by atoms with Crippen molar-refractivity contribution in [2.45, 2.75) is 40.4 Å². The highest BCUT2D eigenvalue weighted by Gasteiger charge is 2.35. The maximum Gasteiger partial charge on any atom is 0.340 e. The lowest BCUT2D eigenvalue weighted by atomic mass is 9.86. The Hall–Kier alpha value is -2.70. The number of allylic oxidation sites excluding steroid dienone is 1. The van der Waals surface area contributed by atoms with E-state index in [9.17, 15) is 4.79 Å². The second-order valence-corrected chi connectivity index (χ2v) is 8.07. The van der Waals surface area contributed by atoms with Gasteiger partial charge in [0, 0.05) is 49.2 Å². The minimum atomic E-state index is -0.467. The van der Waals surface area contributed by atoms with E-state index in [1.807, 2.05) is 37.3 Å². The fraction of sp³-hybridized carbons (Fsp3) is 0.417. The van der Waals surface area contributed by atoms with Crippen molar-refractivity contribution < 1.29 is 19.0 Å². The Bertz CT molecular complexity index is 964. The third-order valence-corrected chi connectivity index (χ3v) is 5.31. The first kappa shape index (κ1) is 22.0. The van der Waals surface area contributed by atoms with E-state index in [1.165, 1.54) is 0 Å². The molecule has 2 aromatic rings. The number of aliphatic imine (C=N–C) groups is 1. The topological polar surface area (TPSA) is 72.9 Å². The zero-order chi connectivity index (χ0) is 21.9. The van der Waals surface area contributed by atoms with Crippen molar-refractivity contribution in [2.75, 3.05) is 20.8 Å². The number of esters is 1. The second kappa shape index (κ2) is 8.98. The highest BCUT2D eigenvalue weighted by atomic mass is 16.7. The van der Waals surface area contributed by atoms with Crippen molar-refractivity contribution >= 4 is 17.8 Å². The summed E-state index contributed by atoms with van der Waals surface area (Å²) in [6.07, 6.45) is 3.98. The number of hydrogen-bond donors (Lipinski definition) is 1. The van der Waals surface area contributed by atoms with E-state index in [0.717, 1.165) is 40.2 Å². The number of H-pyrrole nitrogens is 1. The Labute approximate surface area is 178 Å². The van der Waals surface area contributed by atoms with Crippen LogP contribution in [0.5, 0.6) is 0 Å². The molecule has 6 heteroatoms. The van der Waals surface area contributed by atoms with Crippen LogP contribution in [0.15, 0.2) is 41.2 Å². The van der Waals surface area contributed by atoms with Gasteiger partial charge in [0.25, 0.3) is 0 Å². The van der Waals surface area contributed by atoms with Crippen molar-refractivity contribution in [1.82, 2.24) is 4.98 Å². The monoisotopic (exact) mass is 410 g/mol. The van der Waals surface area contributed by atoms with E-state index in [0.29, 0.717) is 12.2 Å². The second-order valence-electron chi connectivity index (χ2n) is 8.07. The Balaban J connectivity index is 2.11. The normalized spacial score (nSPS) is 16.9. The third kappa shape index (κ3) is 4.40. The highest BCUT2D eigenvalue weighted by Crippen LogP contribution is 2.41. The molecule has 0 fully saturated rings. The largest absolute Gasteiger partial charge is 0.462 e. The molecule has 0 saturated heterocycles. The summed E-state index contributed by atoms with van der Waals surface area (Å²) in [7, 11) is 3.22. The molecule has 1 N–H and O–H groups in total. The number of benzene rings is 1. The zero-order valence-corrected chi connectivity index (χ0v) is 18.5. The van der Waals surface area contributed by atoms with Crippen molar-refractivity contribution in [3.05, 3.63) is 53.0 Å². The van der Waals surface area contributed by atoms with E-state index < -0.39 is 6.29 Å². The van der Waals surface area contributed by atoms with Gasteiger partial charge in [-0.1, -0.05) is 43.7 Å². The van der Waals surface area contributed by atoms with E-state index in [-0.39, 0.29) is 11.4 Å². The molecule has 0 bridgehead atoms. The third-order valence-electron chi connectivity index (χ3n) is 5.31. The molecule has 3 rings (SSSR count). The summed E-state index contributed by atoms with van der Waals surface area (Å²) in [6, 6.07) is 8.10. The van der Waals surface area contributed by atoms with Gasteiger partial charge in [-0.3, -0.25) is 4.99 Å². The predicted octanol–water partition coefficient (Wildman–Crippen LogP) is 5.00. The Morgan fingerprint density at radius 3 is 2.50 bits per heavy atom. The first-order chi connectivity index (χ1) is 14.3. The number of aryl methyl sites for hydroxylation is 1. The molecular weight excluding hydrogens is 380 g/mol. The number of nitrogens with one attached hydrogen (secondary N) is 1. The first-order valence-electron chi connectivity index (χ1n) is 10.1. The first-order valence-corrected chi connectivity index (χ1v) is 10.1. The van der Waals surface area contributed by atoms with Gasteiger partial charge < -0.3 is 19.2 Å². The van der Waals surface area contributed by atoms with Crippen LogP contribution in [0.3, 0.4) is 0 Å². The van der Waals surface area contributed by atoms with Gasteiger partial charge in [0.15, 0.2) is 6.29 Å². The molecule has 0 atom stereocenters. The van der Waals surface area contributed by atoms with Crippen LogP contribution in [0.25, 0.3) is 17.2 Å². The molecule has 0 amide bonds. The number of hydrogen-bond acceptors (Lipinski definition) is 5. The molecule has 1 aliphatic rings. The molecular formula is C24H30N2O4. The molecule has 1 aromatic carbocycles.